The molecule has 0 spiro atoms. The van der Waals surface area contributed by atoms with Crippen LogP contribution in [0.15, 0.2) is 67.0 Å². The van der Waals surface area contributed by atoms with E-state index in [0.717, 1.165) is 18.7 Å². The van der Waals surface area contributed by atoms with Gasteiger partial charge in [0.15, 0.2) is 0 Å². The second kappa shape index (κ2) is 6.27. The van der Waals surface area contributed by atoms with Gasteiger partial charge in [-0.2, -0.15) is 5.10 Å². The number of hydrogen-bond donors (Lipinski definition) is 1. The van der Waals surface area contributed by atoms with Crippen molar-refractivity contribution in [2.24, 2.45) is 0 Å². The van der Waals surface area contributed by atoms with E-state index in [1.165, 1.54) is 16.8 Å². The summed E-state index contributed by atoms with van der Waals surface area (Å²) in [6.45, 7) is 3.83. The maximum Gasteiger partial charge on any atom is 0.0582 e. The third-order valence-corrected chi connectivity index (χ3v) is 3.54. The predicted molar refractivity (Wildman–Crippen MR) is 87.3 cm³/mol. The van der Waals surface area contributed by atoms with Crippen LogP contribution in [0, 0.1) is 6.92 Å². The number of aromatic nitrogens is 2. The molecule has 0 saturated heterocycles. The Hall–Kier alpha value is -2.55. The number of nitrogens with zero attached hydrogens (tertiary/aromatic N) is 2. The van der Waals surface area contributed by atoms with Gasteiger partial charge in [-0.25, -0.2) is 0 Å². The van der Waals surface area contributed by atoms with Crippen LogP contribution in [-0.4, -0.2) is 16.3 Å². The van der Waals surface area contributed by atoms with Crippen molar-refractivity contribution in [2.75, 3.05) is 11.9 Å². The standard InChI is InChI=1S/C18H19N3/c1-15-7-5-6-10-18(15)19-11-12-21-14-17(13-20-21)16-8-3-2-4-9-16/h2-10,13-14,19H,11-12H2,1H3. The summed E-state index contributed by atoms with van der Waals surface area (Å²) in [4.78, 5) is 0. The molecule has 0 aliphatic carbocycles. The molecule has 0 atom stereocenters. The molecule has 0 aliphatic rings. The van der Waals surface area contributed by atoms with Crippen LogP contribution in [0.1, 0.15) is 5.56 Å². The molecule has 1 heterocycles. The minimum Gasteiger partial charge on any atom is -0.383 e. The van der Waals surface area contributed by atoms with E-state index >= 15 is 0 Å². The van der Waals surface area contributed by atoms with Crippen molar-refractivity contribution in [3.05, 3.63) is 72.6 Å². The summed E-state index contributed by atoms with van der Waals surface area (Å²) in [5.74, 6) is 0. The maximum atomic E-state index is 4.42. The Balaban J connectivity index is 1.60. The normalized spacial score (nSPS) is 10.5. The van der Waals surface area contributed by atoms with Gasteiger partial charge in [0.2, 0.25) is 0 Å². The van der Waals surface area contributed by atoms with Gasteiger partial charge in [-0.1, -0.05) is 48.5 Å². The molecule has 3 rings (SSSR count). The highest BCUT2D eigenvalue weighted by Gasteiger charge is 2.01. The number of aryl methyl sites for hydroxylation is 1. The summed E-state index contributed by atoms with van der Waals surface area (Å²) >= 11 is 0. The highest BCUT2D eigenvalue weighted by Crippen LogP contribution is 2.17. The van der Waals surface area contributed by atoms with Crippen LogP contribution < -0.4 is 5.32 Å². The zero-order chi connectivity index (χ0) is 14.5. The van der Waals surface area contributed by atoms with Crippen LogP contribution in [0.5, 0.6) is 0 Å². The summed E-state index contributed by atoms with van der Waals surface area (Å²) in [5.41, 5.74) is 4.82. The second-order valence-corrected chi connectivity index (χ2v) is 5.10. The third kappa shape index (κ3) is 3.31. The third-order valence-electron chi connectivity index (χ3n) is 3.54. The lowest BCUT2D eigenvalue weighted by molar-refractivity contribution is 0.638. The van der Waals surface area contributed by atoms with Crippen molar-refractivity contribution < 1.29 is 0 Å². The van der Waals surface area contributed by atoms with Crippen LogP contribution in [0.4, 0.5) is 5.69 Å². The van der Waals surface area contributed by atoms with Crippen LogP contribution in [0.3, 0.4) is 0 Å². The van der Waals surface area contributed by atoms with E-state index < -0.39 is 0 Å². The fourth-order valence-corrected chi connectivity index (χ4v) is 2.34. The Bertz CT molecular complexity index is 701. The Morgan fingerprint density at radius 2 is 1.71 bits per heavy atom. The SMILES string of the molecule is Cc1ccccc1NCCn1cc(-c2ccccc2)cn1. The van der Waals surface area contributed by atoms with Crippen LogP contribution in [-0.2, 0) is 6.54 Å². The number of anilines is 1. The first-order valence-corrected chi connectivity index (χ1v) is 7.20. The first-order valence-electron chi connectivity index (χ1n) is 7.20. The molecule has 1 aromatic heterocycles. The van der Waals surface area contributed by atoms with E-state index in [2.05, 4.69) is 59.9 Å². The van der Waals surface area contributed by atoms with Gasteiger partial charge in [-0.3, -0.25) is 4.68 Å². The summed E-state index contributed by atoms with van der Waals surface area (Å²) in [6, 6.07) is 18.7. The molecule has 0 saturated carbocycles. The van der Waals surface area contributed by atoms with Gasteiger partial charge in [0.1, 0.15) is 0 Å². The van der Waals surface area contributed by atoms with Gasteiger partial charge >= 0.3 is 0 Å². The molecule has 3 nitrogen and oxygen atoms in total. The minimum atomic E-state index is 0.848. The molecule has 0 bridgehead atoms. The molecule has 0 aliphatic heterocycles. The first-order chi connectivity index (χ1) is 10.3. The van der Waals surface area contributed by atoms with Crippen molar-refractivity contribution in [1.82, 2.24) is 9.78 Å². The van der Waals surface area contributed by atoms with E-state index in [4.69, 9.17) is 0 Å². The summed E-state index contributed by atoms with van der Waals surface area (Å²) in [7, 11) is 0. The molecule has 0 radical (unpaired) electrons. The van der Waals surface area contributed by atoms with Gasteiger partial charge < -0.3 is 5.32 Å². The van der Waals surface area contributed by atoms with E-state index in [-0.39, 0.29) is 0 Å². The van der Waals surface area contributed by atoms with Crippen LogP contribution in [0.25, 0.3) is 11.1 Å². The molecule has 2 aromatic carbocycles. The lowest BCUT2D eigenvalue weighted by atomic mass is 10.1. The van der Waals surface area contributed by atoms with Gasteiger partial charge in [0, 0.05) is 24.0 Å². The molecule has 3 heteroatoms. The number of para-hydroxylation sites is 1. The van der Waals surface area contributed by atoms with Crippen molar-refractivity contribution in [1.29, 1.82) is 0 Å². The zero-order valence-electron chi connectivity index (χ0n) is 12.2. The zero-order valence-corrected chi connectivity index (χ0v) is 12.2. The largest absolute Gasteiger partial charge is 0.383 e. The Morgan fingerprint density at radius 3 is 2.52 bits per heavy atom. The van der Waals surface area contributed by atoms with Crippen molar-refractivity contribution in [2.45, 2.75) is 13.5 Å². The monoisotopic (exact) mass is 277 g/mol. The van der Waals surface area contributed by atoms with Gasteiger partial charge in [0.25, 0.3) is 0 Å². The summed E-state index contributed by atoms with van der Waals surface area (Å²) < 4.78 is 1.98. The number of rotatable bonds is 5. The minimum absolute atomic E-state index is 0.848. The van der Waals surface area contributed by atoms with E-state index in [1.807, 2.05) is 29.1 Å². The molecule has 0 unspecified atom stereocenters. The molecular weight excluding hydrogens is 258 g/mol. The Labute approximate surface area is 125 Å². The number of nitrogens with one attached hydrogen (secondary N) is 1. The second-order valence-electron chi connectivity index (χ2n) is 5.10. The van der Waals surface area contributed by atoms with E-state index in [1.54, 1.807) is 0 Å². The van der Waals surface area contributed by atoms with Crippen molar-refractivity contribution >= 4 is 5.69 Å². The number of hydrogen-bond acceptors (Lipinski definition) is 2. The smallest absolute Gasteiger partial charge is 0.0582 e. The maximum absolute atomic E-state index is 4.42. The molecule has 1 N–H and O–H groups in total. The molecule has 3 aromatic rings. The van der Waals surface area contributed by atoms with Crippen molar-refractivity contribution in [3.8, 4) is 11.1 Å². The molecule has 0 fully saturated rings. The fraction of sp³-hybridized carbons (Fsp3) is 0.167. The fourth-order valence-electron chi connectivity index (χ4n) is 2.34. The van der Waals surface area contributed by atoms with Crippen LogP contribution >= 0.6 is 0 Å². The average Bonchev–Trinajstić information content (AvgIpc) is 2.99. The highest BCUT2D eigenvalue weighted by atomic mass is 15.3. The highest BCUT2D eigenvalue weighted by molar-refractivity contribution is 5.61. The summed E-state index contributed by atoms with van der Waals surface area (Å²) in [5, 5.41) is 7.87. The Morgan fingerprint density at radius 1 is 0.952 bits per heavy atom. The molecule has 106 valence electrons. The number of benzene rings is 2. The van der Waals surface area contributed by atoms with E-state index in [0.29, 0.717) is 0 Å². The first kappa shape index (κ1) is 13.4. The predicted octanol–water partition coefficient (Wildman–Crippen LogP) is 3.97. The lowest BCUT2D eigenvalue weighted by Gasteiger charge is -2.09. The quantitative estimate of drug-likeness (QED) is 0.764. The summed E-state index contributed by atoms with van der Waals surface area (Å²) in [6.07, 6.45) is 4.01. The molecular formula is C18H19N3. The topological polar surface area (TPSA) is 29.9 Å². The van der Waals surface area contributed by atoms with E-state index in [9.17, 15) is 0 Å². The lowest BCUT2D eigenvalue weighted by Crippen LogP contribution is -2.11. The van der Waals surface area contributed by atoms with Crippen LogP contribution in [0.2, 0.25) is 0 Å². The van der Waals surface area contributed by atoms with Crippen molar-refractivity contribution in [3.63, 3.8) is 0 Å². The molecule has 21 heavy (non-hydrogen) atoms. The van der Waals surface area contributed by atoms with Gasteiger partial charge in [-0.05, 0) is 24.1 Å². The van der Waals surface area contributed by atoms with Gasteiger partial charge in [-0.15, -0.1) is 0 Å². The van der Waals surface area contributed by atoms with Gasteiger partial charge in [0.05, 0.1) is 12.7 Å². The Kier molecular flexibility index (Phi) is 4.01. The average molecular weight is 277 g/mol. The molecule has 0 amide bonds.